The van der Waals surface area contributed by atoms with Gasteiger partial charge in [0.2, 0.25) is 11.8 Å². The van der Waals surface area contributed by atoms with Crippen molar-refractivity contribution in [2.45, 2.75) is 51.3 Å². The molecule has 2 aromatic rings. The Labute approximate surface area is 241 Å². The molecule has 2 rings (SSSR count). The minimum Gasteiger partial charge on any atom is -0.463 e. The van der Waals surface area contributed by atoms with E-state index in [4.69, 9.17) is 9.47 Å². The zero-order valence-corrected chi connectivity index (χ0v) is 23.5. The predicted molar refractivity (Wildman–Crippen MR) is 155 cm³/mol. The van der Waals surface area contributed by atoms with E-state index in [2.05, 4.69) is 23.8 Å². The molecule has 4 atom stereocenters. The fraction of sp³-hybridized carbons (Fsp3) is 0.375. The first-order chi connectivity index (χ1) is 19.8. The average Bonchev–Trinajstić information content (AvgIpc) is 2.98. The van der Waals surface area contributed by atoms with Crippen molar-refractivity contribution in [2.75, 3.05) is 13.2 Å². The minimum absolute atomic E-state index is 0.0371. The number of aliphatic hydroxyl groups excluding tert-OH is 1. The highest BCUT2D eigenvalue weighted by Crippen LogP contribution is 2.16. The van der Waals surface area contributed by atoms with E-state index in [1.165, 1.54) is 6.08 Å². The number of amides is 2. The third kappa shape index (κ3) is 12.2. The molecule has 2 amide bonds. The van der Waals surface area contributed by atoms with Crippen molar-refractivity contribution in [3.05, 3.63) is 97.1 Å². The molecule has 0 bridgehead atoms. The molecular formula is C32H40N2O7. The first kappa shape index (κ1) is 33.0. The maximum atomic E-state index is 13.2. The molecule has 0 aliphatic heterocycles. The van der Waals surface area contributed by atoms with Gasteiger partial charge in [-0.05, 0) is 37.3 Å². The highest BCUT2D eigenvalue weighted by molar-refractivity contribution is 5.89. The molecule has 0 radical (unpaired) electrons. The zero-order chi connectivity index (χ0) is 30.0. The average molecular weight is 565 g/mol. The van der Waals surface area contributed by atoms with Crippen molar-refractivity contribution in [3.63, 3.8) is 0 Å². The number of carbonyl (C=O) groups excluding carboxylic acids is 4. The Morgan fingerprint density at radius 2 is 1.41 bits per heavy atom. The van der Waals surface area contributed by atoms with Gasteiger partial charge in [0.1, 0.15) is 13.2 Å². The second kappa shape index (κ2) is 18.2. The van der Waals surface area contributed by atoms with Gasteiger partial charge in [0.25, 0.3) is 0 Å². The number of esters is 2. The molecule has 0 fully saturated rings. The van der Waals surface area contributed by atoms with Crippen molar-refractivity contribution >= 4 is 23.8 Å². The maximum Gasteiger partial charge on any atom is 0.332 e. The maximum absolute atomic E-state index is 13.2. The largest absolute Gasteiger partial charge is 0.463 e. The van der Waals surface area contributed by atoms with Crippen LogP contribution in [0.4, 0.5) is 0 Å². The predicted octanol–water partition coefficient (Wildman–Crippen LogP) is 3.27. The molecule has 0 aromatic heterocycles. The number of hydrogen-bond acceptors (Lipinski definition) is 7. The Balaban J connectivity index is 2.14. The van der Waals surface area contributed by atoms with Crippen LogP contribution in [0.3, 0.4) is 0 Å². The van der Waals surface area contributed by atoms with Crippen LogP contribution in [0, 0.1) is 11.8 Å². The second-order valence-corrected chi connectivity index (χ2v) is 9.77. The van der Waals surface area contributed by atoms with Gasteiger partial charge in [-0.3, -0.25) is 14.4 Å². The van der Waals surface area contributed by atoms with E-state index in [-0.39, 0.29) is 26.1 Å². The van der Waals surface area contributed by atoms with Gasteiger partial charge in [-0.2, -0.15) is 0 Å². The Morgan fingerprint density at radius 1 is 0.829 bits per heavy atom. The summed E-state index contributed by atoms with van der Waals surface area (Å²) in [5.41, 5.74) is 1.69. The molecular weight excluding hydrogens is 524 g/mol. The van der Waals surface area contributed by atoms with Gasteiger partial charge >= 0.3 is 11.9 Å². The zero-order valence-electron chi connectivity index (χ0n) is 23.5. The first-order valence-electron chi connectivity index (χ1n) is 13.6. The fourth-order valence-electron chi connectivity index (χ4n) is 4.02. The van der Waals surface area contributed by atoms with E-state index < -0.39 is 54.3 Å². The topological polar surface area (TPSA) is 131 Å². The number of rotatable bonds is 18. The molecule has 0 saturated heterocycles. The molecule has 0 aliphatic carbocycles. The van der Waals surface area contributed by atoms with E-state index in [0.29, 0.717) is 12.8 Å². The normalized spacial score (nSPS) is 13.5. The molecule has 2 aromatic carbocycles. The number of hydrogen-bond donors (Lipinski definition) is 3. The summed E-state index contributed by atoms with van der Waals surface area (Å²) in [6, 6.07) is 16.7. The van der Waals surface area contributed by atoms with Crippen molar-refractivity contribution in [1.82, 2.24) is 10.6 Å². The molecule has 0 spiro atoms. The van der Waals surface area contributed by atoms with Crippen molar-refractivity contribution in [2.24, 2.45) is 11.8 Å². The SMILES string of the molecule is C=CCC(CC(=O)NC(C)CO)C(=O)NC(COC(=O)C(CC=C)Cc1ccccc1)C(=O)OCc1ccccc1. The number of nitrogens with one attached hydrogen (secondary N) is 2. The van der Waals surface area contributed by atoms with Gasteiger partial charge in [-0.1, -0.05) is 72.8 Å². The van der Waals surface area contributed by atoms with Crippen LogP contribution in [-0.2, 0) is 41.7 Å². The lowest BCUT2D eigenvalue weighted by Crippen LogP contribution is -2.48. The second-order valence-electron chi connectivity index (χ2n) is 9.77. The van der Waals surface area contributed by atoms with Crippen molar-refractivity contribution < 1.29 is 33.8 Å². The smallest absolute Gasteiger partial charge is 0.332 e. The number of aliphatic hydroxyl groups is 1. The van der Waals surface area contributed by atoms with Crippen LogP contribution < -0.4 is 10.6 Å². The lowest BCUT2D eigenvalue weighted by molar-refractivity contribution is -0.157. The molecule has 0 heterocycles. The summed E-state index contributed by atoms with van der Waals surface area (Å²) in [6.45, 7) is 8.28. The molecule has 0 aliphatic rings. The van der Waals surface area contributed by atoms with Gasteiger partial charge < -0.3 is 25.2 Å². The van der Waals surface area contributed by atoms with Gasteiger partial charge in [0.05, 0.1) is 18.4 Å². The Bertz CT molecular complexity index is 1140. The quantitative estimate of drug-likeness (QED) is 0.187. The van der Waals surface area contributed by atoms with Crippen LogP contribution in [0.1, 0.15) is 37.3 Å². The lowest BCUT2D eigenvalue weighted by atomic mass is 9.96. The molecule has 0 saturated carbocycles. The summed E-state index contributed by atoms with van der Waals surface area (Å²) < 4.78 is 11.0. The summed E-state index contributed by atoms with van der Waals surface area (Å²) in [6.07, 6.45) is 3.89. The van der Waals surface area contributed by atoms with E-state index in [9.17, 15) is 24.3 Å². The monoisotopic (exact) mass is 564 g/mol. The van der Waals surface area contributed by atoms with Crippen LogP contribution >= 0.6 is 0 Å². The van der Waals surface area contributed by atoms with E-state index in [1.807, 2.05) is 36.4 Å². The molecule has 220 valence electrons. The summed E-state index contributed by atoms with van der Waals surface area (Å²) in [4.78, 5) is 51.7. The van der Waals surface area contributed by atoms with E-state index in [1.54, 1.807) is 37.3 Å². The summed E-state index contributed by atoms with van der Waals surface area (Å²) >= 11 is 0. The summed E-state index contributed by atoms with van der Waals surface area (Å²) in [5.74, 6) is -3.72. The number of carbonyl (C=O) groups is 4. The van der Waals surface area contributed by atoms with Gasteiger partial charge in [0, 0.05) is 12.5 Å². The Hall–Kier alpha value is -4.24. The van der Waals surface area contributed by atoms with Crippen LogP contribution in [0.5, 0.6) is 0 Å². The van der Waals surface area contributed by atoms with Gasteiger partial charge in [0.15, 0.2) is 6.04 Å². The van der Waals surface area contributed by atoms with Crippen LogP contribution in [0.15, 0.2) is 86.0 Å². The first-order valence-corrected chi connectivity index (χ1v) is 13.6. The van der Waals surface area contributed by atoms with Crippen LogP contribution in [0.2, 0.25) is 0 Å². The molecule has 9 heteroatoms. The number of allylic oxidation sites excluding steroid dienone is 2. The molecule has 9 nitrogen and oxygen atoms in total. The number of benzene rings is 2. The number of ether oxygens (including phenoxy) is 2. The van der Waals surface area contributed by atoms with Gasteiger partial charge in [-0.25, -0.2) is 4.79 Å². The standard InChI is InChI=1S/C32H40N2O7/c1-4-12-26(19-29(36)33-23(3)20-35)30(37)34-28(32(39)40-21-25-16-10-7-11-17-25)22-41-31(38)27(13-5-2)18-24-14-8-6-9-15-24/h4-11,14-17,23,26-28,35H,1-2,12-13,18-22H2,3H3,(H,33,36)(H,34,37). The fourth-order valence-corrected chi connectivity index (χ4v) is 4.02. The van der Waals surface area contributed by atoms with E-state index in [0.717, 1.165) is 11.1 Å². The molecule has 41 heavy (non-hydrogen) atoms. The van der Waals surface area contributed by atoms with Gasteiger partial charge in [-0.15, -0.1) is 13.2 Å². The Kier molecular flexibility index (Phi) is 14.6. The highest BCUT2D eigenvalue weighted by atomic mass is 16.6. The lowest BCUT2D eigenvalue weighted by Gasteiger charge is -2.22. The van der Waals surface area contributed by atoms with Crippen LogP contribution in [-0.4, -0.2) is 54.2 Å². The molecule has 4 unspecified atom stereocenters. The van der Waals surface area contributed by atoms with Crippen molar-refractivity contribution in [1.29, 1.82) is 0 Å². The molecule has 3 N–H and O–H groups in total. The van der Waals surface area contributed by atoms with Crippen LogP contribution in [0.25, 0.3) is 0 Å². The summed E-state index contributed by atoms with van der Waals surface area (Å²) in [7, 11) is 0. The van der Waals surface area contributed by atoms with Crippen molar-refractivity contribution in [3.8, 4) is 0 Å². The Morgan fingerprint density at radius 3 is 2.00 bits per heavy atom. The summed E-state index contributed by atoms with van der Waals surface area (Å²) in [5, 5.41) is 14.4. The highest BCUT2D eigenvalue weighted by Gasteiger charge is 2.30. The van der Waals surface area contributed by atoms with E-state index >= 15 is 0 Å². The minimum atomic E-state index is -1.30. The third-order valence-electron chi connectivity index (χ3n) is 6.26. The third-order valence-corrected chi connectivity index (χ3v) is 6.26.